The highest BCUT2D eigenvalue weighted by Gasteiger charge is 2.59. The fourth-order valence-electron chi connectivity index (χ4n) is 7.63. The average molecular weight is 454 g/mol. The largest absolute Gasteiger partial charge is 0.301 e. The zero-order chi connectivity index (χ0) is 22.6. The van der Waals surface area contributed by atoms with Crippen LogP contribution in [0.3, 0.4) is 0 Å². The molecule has 0 bridgehead atoms. The quantitative estimate of drug-likeness (QED) is 0.591. The number of fused-ring (bicyclic) bond motifs is 4. The third-order valence-corrected chi connectivity index (χ3v) is 13.2. The monoisotopic (exact) mass is 453 g/mol. The van der Waals surface area contributed by atoms with Crippen molar-refractivity contribution < 1.29 is 0 Å². The highest BCUT2D eigenvalue weighted by molar-refractivity contribution is 6.76. The molecule has 33 heavy (non-hydrogen) atoms. The Morgan fingerprint density at radius 1 is 0.879 bits per heavy atom. The summed E-state index contributed by atoms with van der Waals surface area (Å²) in [4.78, 5) is 4.70. The lowest BCUT2D eigenvalue weighted by molar-refractivity contribution is 0.312. The standard InChI is InChI=1S/C29H35N3Si/c1-4-27-31-28-24(25-17-9-10-19-30-25)16-11-18-26(28)32(27)33(2,3)29-22-14-7-5-12-20(22)21-13-6-8-15-23(21)29/h5-23,26-29,31H,4H2,1-3H3/t20?,21?,22?,23?,26-,27-,28?,29?/m1/s1. The van der Waals surface area contributed by atoms with E-state index in [0.29, 0.717) is 47.5 Å². The number of hydrogen-bond acceptors (Lipinski definition) is 3. The van der Waals surface area contributed by atoms with Crippen LogP contribution in [0.15, 0.2) is 91.2 Å². The van der Waals surface area contributed by atoms with E-state index in [9.17, 15) is 0 Å². The van der Waals surface area contributed by atoms with E-state index in [1.807, 2.05) is 12.3 Å². The number of aromatic nitrogens is 1. The average Bonchev–Trinajstić information content (AvgIpc) is 3.41. The van der Waals surface area contributed by atoms with Crippen molar-refractivity contribution in [3.05, 3.63) is 96.9 Å². The first kappa shape index (κ1) is 21.3. The molecule has 1 aliphatic heterocycles. The minimum atomic E-state index is -1.87. The van der Waals surface area contributed by atoms with E-state index in [4.69, 9.17) is 4.98 Å². The lowest BCUT2D eigenvalue weighted by Crippen LogP contribution is -2.60. The highest BCUT2D eigenvalue weighted by Crippen LogP contribution is 2.59. The van der Waals surface area contributed by atoms with Crippen molar-refractivity contribution in [1.29, 1.82) is 0 Å². The number of hydrogen-bond donors (Lipinski definition) is 1. The summed E-state index contributed by atoms with van der Waals surface area (Å²) in [6.07, 6.45) is 29.6. The van der Waals surface area contributed by atoms with E-state index >= 15 is 0 Å². The molecular weight excluding hydrogens is 418 g/mol. The first-order valence-electron chi connectivity index (χ1n) is 12.7. The van der Waals surface area contributed by atoms with Crippen LogP contribution in [-0.4, -0.2) is 36.0 Å². The van der Waals surface area contributed by atoms with Gasteiger partial charge in [-0.15, -0.1) is 0 Å². The maximum atomic E-state index is 4.70. The Morgan fingerprint density at radius 2 is 1.55 bits per heavy atom. The lowest BCUT2D eigenvalue weighted by Gasteiger charge is -2.48. The first-order chi connectivity index (χ1) is 16.1. The van der Waals surface area contributed by atoms with Crippen molar-refractivity contribution in [2.75, 3.05) is 0 Å². The molecule has 2 fully saturated rings. The van der Waals surface area contributed by atoms with Gasteiger partial charge in [-0.2, -0.15) is 0 Å². The zero-order valence-electron chi connectivity index (χ0n) is 19.9. The summed E-state index contributed by atoms with van der Waals surface area (Å²) in [5.74, 6) is 2.54. The Balaban J connectivity index is 1.38. The summed E-state index contributed by atoms with van der Waals surface area (Å²) in [7, 11) is -1.87. The van der Waals surface area contributed by atoms with Crippen LogP contribution < -0.4 is 5.32 Å². The van der Waals surface area contributed by atoms with Crippen LogP contribution in [0, 0.1) is 23.7 Å². The van der Waals surface area contributed by atoms with Gasteiger partial charge in [0.25, 0.3) is 0 Å². The fraction of sp³-hybridized carbons (Fsp3) is 0.414. The molecular formula is C29H35N3Si. The van der Waals surface area contributed by atoms with Gasteiger partial charge in [0.15, 0.2) is 0 Å². The third-order valence-electron chi connectivity index (χ3n) is 8.84. The van der Waals surface area contributed by atoms with Crippen molar-refractivity contribution >= 4 is 13.8 Å². The van der Waals surface area contributed by atoms with Crippen LogP contribution in [0.1, 0.15) is 19.0 Å². The van der Waals surface area contributed by atoms with Crippen molar-refractivity contribution in [2.45, 2.75) is 50.2 Å². The molecule has 4 heteroatoms. The number of nitrogens with zero attached hydrogens (tertiary/aromatic N) is 2. The van der Waals surface area contributed by atoms with E-state index in [1.54, 1.807) is 0 Å². The second-order valence-electron chi connectivity index (χ2n) is 10.7. The topological polar surface area (TPSA) is 28.2 Å². The fourth-order valence-corrected chi connectivity index (χ4v) is 12.6. The van der Waals surface area contributed by atoms with Crippen LogP contribution in [0.5, 0.6) is 0 Å². The second-order valence-corrected chi connectivity index (χ2v) is 15.2. The van der Waals surface area contributed by atoms with Gasteiger partial charge in [-0.3, -0.25) is 10.3 Å². The zero-order valence-corrected chi connectivity index (χ0v) is 20.9. The number of nitrogens with one attached hydrogen (secondary N) is 1. The van der Waals surface area contributed by atoms with E-state index in [0.717, 1.165) is 12.1 Å². The molecule has 1 aromatic rings. The molecule has 0 radical (unpaired) electrons. The normalized spacial score (nSPS) is 38.8. The third kappa shape index (κ3) is 3.26. The van der Waals surface area contributed by atoms with Gasteiger partial charge in [-0.1, -0.05) is 92.9 Å². The molecule has 3 nitrogen and oxygen atoms in total. The molecule has 7 atom stereocenters. The van der Waals surface area contributed by atoms with Crippen molar-refractivity contribution in [3.8, 4) is 0 Å². The van der Waals surface area contributed by atoms with Crippen molar-refractivity contribution in [3.63, 3.8) is 0 Å². The van der Waals surface area contributed by atoms with Crippen molar-refractivity contribution in [2.24, 2.45) is 23.7 Å². The second kappa shape index (κ2) is 8.19. The molecule has 5 aliphatic rings. The molecule has 0 amide bonds. The van der Waals surface area contributed by atoms with Gasteiger partial charge in [0.05, 0.1) is 17.9 Å². The molecule has 5 unspecified atom stereocenters. The minimum absolute atomic E-state index is 0.304. The summed E-state index contributed by atoms with van der Waals surface area (Å²) in [6.45, 7) is 7.64. The van der Waals surface area contributed by atoms with Crippen LogP contribution in [0.4, 0.5) is 0 Å². The van der Waals surface area contributed by atoms with E-state index in [2.05, 4.69) is 109 Å². The lowest BCUT2D eigenvalue weighted by atomic mass is 9.83. The van der Waals surface area contributed by atoms with Gasteiger partial charge in [0, 0.05) is 12.2 Å². The van der Waals surface area contributed by atoms with Crippen molar-refractivity contribution in [1.82, 2.24) is 14.9 Å². The molecule has 1 aromatic heterocycles. The Morgan fingerprint density at radius 3 is 2.15 bits per heavy atom. The molecule has 0 aromatic carbocycles. The summed E-state index contributed by atoms with van der Waals surface area (Å²) in [6, 6.07) is 6.95. The molecule has 1 saturated heterocycles. The number of allylic oxidation sites excluding steroid dienone is 10. The maximum Gasteiger partial charge on any atom is 0.129 e. The number of pyridine rings is 1. The van der Waals surface area contributed by atoms with Crippen LogP contribution in [0.2, 0.25) is 18.6 Å². The summed E-state index contributed by atoms with van der Waals surface area (Å²) >= 11 is 0. The van der Waals surface area contributed by atoms with Gasteiger partial charge in [-0.05, 0) is 53.3 Å². The molecule has 170 valence electrons. The molecule has 1 saturated carbocycles. The molecule has 0 spiro atoms. The Labute approximate surface area is 199 Å². The molecule has 6 rings (SSSR count). The Hall–Kier alpha value is -2.27. The van der Waals surface area contributed by atoms with Gasteiger partial charge >= 0.3 is 0 Å². The van der Waals surface area contributed by atoms with Gasteiger partial charge in [0.1, 0.15) is 8.24 Å². The molecule has 1 N–H and O–H groups in total. The maximum absolute atomic E-state index is 4.70. The summed E-state index contributed by atoms with van der Waals surface area (Å²) < 4.78 is 2.95. The van der Waals surface area contributed by atoms with Gasteiger partial charge < -0.3 is 4.57 Å². The molecule has 4 aliphatic carbocycles. The van der Waals surface area contributed by atoms with E-state index in [1.165, 1.54) is 5.57 Å². The van der Waals surface area contributed by atoms with Gasteiger partial charge in [0.2, 0.25) is 0 Å². The van der Waals surface area contributed by atoms with Gasteiger partial charge in [-0.25, -0.2) is 0 Å². The smallest absolute Gasteiger partial charge is 0.129 e. The predicted molar refractivity (Wildman–Crippen MR) is 140 cm³/mol. The van der Waals surface area contributed by atoms with E-state index in [-0.39, 0.29) is 0 Å². The summed E-state index contributed by atoms with van der Waals surface area (Å²) in [5, 5.41) is 4.05. The summed E-state index contributed by atoms with van der Waals surface area (Å²) in [5.41, 5.74) is 3.13. The highest BCUT2D eigenvalue weighted by atomic mass is 28.3. The van der Waals surface area contributed by atoms with Crippen LogP contribution in [-0.2, 0) is 0 Å². The molecule has 2 heterocycles. The van der Waals surface area contributed by atoms with Crippen LogP contribution >= 0.6 is 0 Å². The van der Waals surface area contributed by atoms with Crippen LogP contribution in [0.25, 0.3) is 5.57 Å². The Bertz CT molecular complexity index is 1050. The Kier molecular flexibility index (Phi) is 5.28. The SMILES string of the molecule is CC[C@@H]1NC2C(c3ccccn3)=CC=C[C@H]2N1[Si](C)(C)C1C2C=CC=CC2C2C=CC=CC21. The first-order valence-corrected chi connectivity index (χ1v) is 15.7. The predicted octanol–water partition coefficient (Wildman–Crippen LogP) is 5.72. The van der Waals surface area contributed by atoms with E-state index < -0.39 is 8.24 Å². The minimum Gasteiger partial charge on any atom is -0.301 e. The number of rotatable bonds is 4.